The third-order valence-electron chi connectivity index (χ3n) is 1.85. The van der Waals surface area contributed by atoms with Crippen LogP contribution in [0.1, 0.15) is 12.8 Å². The van der Waals surface area contributed by atoms with Gasteiger partial charge in [0.05, 0.1) is 0 Å². The van der Waals surface area contributed by atoms with Crippen LogP contribution in [0.15, 0.2) is 12.7 Å². The van der Waals surface area contributed by atoms with Gasteiger partial charge in [0, 0.05) is 12.8 Å². The van der Waals surface area contributed by atoms with Crippen LogP contribution in [-0.2, 0) is 19.7 Å². The van der Waals surface area contributed by atoms with Crippen molar-refractivity contribution in [2.45, 2.75) is 18.2 Å². The van der Waals surface area contributed by atoms with Gasteiger partial charge in [-0.15, -0.1) is 0 Å². The van der Waals surface area contributed by atoms with Gasteiger partial charge in [0.1, 0.15) is 0 Å². The molecule has 0 aromatic heterocycles. The average molecular weight is 219 g/mol. The molecule has 78 valence electrons. The fourth-order valence-electron chi connectivity index (χ4n) is 1.24. The number of amides is 2. The molecule has 0 spiro atoms. The zero-order chi connectivity index (χ0) is 10.9. The van der Waals surface area contributed by atoms with Crippen LogP contribution in [0, 0.1) is 0 Å². The summed E-state index contributed by atoms with van der Waals surface area (Å²) in [6, 6.07) is 0. The maximum Gasteiger partial charge on any atom is 0.290 e. The summed E-state index contributed by atoms with van der Waals surface area (Å²) in [5.74, 6) is -1.23. The summed E-state index contributed by atoms with van der Waals surface area (Å²) < 4.78 is 30.3. The maximum atomic E-state index is 11.1. The van der Waals surface area contributed by atoms with E-state index in [1.165, 1.54) is 0 Å². The smallest absolute Gasteiger partial charge is 0.284 e. The van der Waals surface area contributed by atoms with Crippen molar-refractivity contribution < 1.29 is 22.6 Å². The van der Waals surface area contributed by atoms with Crippen molar-refractivity contribution in [2.75, 3.05) is 0 Å². The van der Waals surface area contributed by atoms with Crippen molar-refractivity contribution in [3.8, 4) is 0 Å². The molecule has 1 atom stereocenters. The van der Waals surface area contributed by atoms with Crippen LogP contribution in [0.4, 0.5) is 0 Å². The van der Waals surface area contributed by atoms with Gasteiger partial charge in [0.2, 0.25) is 11.8 Å². The van der Waals surface area contributed by atoms with Gasteiger partial charge >= 0.3 is 0 Å². The second-order valence-electron chi connectivity index (χ2n) is 2.80. The molecule has 2 amide bonds. The van der Waals surface area contributed by atoms with E-state index in [9.17, 15) is 18.0 Å². The van der Waals surface area contributed by atoms with Crippen LogP contribution < -0.4 is 0 Å². The van der Waals surface area contributed by atoms with Crippen LogP contribution in [0.3, 0.4) is 0 Å². The van der Waals surface area contributed by atoms with E-state index >= 15 is 0 Å². The van der Waals surface area contributed by atoms with E-state index in [2.05, 4.69) is 6.58 Å². The number of rotatable bonds is 3. The first-order chi connectivity index (χ1) is 6.38. The Hall–Kier alpha value is -1.21. The first-order valence-corrected chi connectivity index (χ1v) is 5.32. The number of likely N-dealkylation sites (tertiary alicyclic amines) is 1. The van der Waals surface area contributed by atoms with E-state index in [1.807, 2.05) is 0 Å². The van der Waals surface area contributed by atoms with E-state index in [4.69, 9.17) is 4.55 Å². The highest BCUT2D eigenvalue weighted by Crippen LogP contribution is 2.18. The molecule has 0 aliphatic carbocycles. The van der Waals surface area contributed by atoms with Gasteiger partial charge in [-0.1, -0.05) is 12.7 Å². The summed E-state index contributed by atoms with van der Waals surface area (Å²) in [6.45, 7) is 3.16. The summed E-state index contributed by atoms with van der Waals surface area (Å²) in [5, 5.41) is -1.66. The van der Waals surface area contributed by atoms with Crippen molar-refractivity contribution in [3.05, 3.63) is 12.7 Å². The van der Waals surface area contributed by atoms with E-state index < -0.39 is 27.3 Å². The van der Waals surface area contributed by atoms with E-state index in [-0.39, 0.29) is 12.8 Å². The van der Waals surface area contributed by atoms with Gasteiger partial charge in [-0.2, -0.15) is 8.42 Å². The molecular formula is C7H9NO5S. The average Bonchev–Trinajstić information content (AvgIpc) is 2.34. The number of imide groups is 1. The SMILES string of the molecule is C=CC(N1C(=O)CCC1=O)S(=O)(=O)O. The molecule has 1 unspecified atom stereocenters. The van der Waals surface area contributed by atoms with Crippen LogP contribution in [0.25, 0.3) is 0 Å². The third-order valence-corrected chi connectivity index (χ3v) is 2.87. The van der Waals surface area contributed by atoms with Gasteiger partial charge in [0.25, 0.3) is 10.1 Å². The predicted molar refractivity (Wildman–Crippen MR) is 46.6 cm³/mol. The Kier molecular flexibility index (Phi) is 2.72. The number of hydrogen-bond acceptors (Lipinski definition) is 4. The minimum atomic E-state index is -4.50. The van der Waals surface area contributed by atoms with Crippen LogP contribution in [-0.4, -0.2) is 35.1 Å². The van der Waals surface area contributed by atoms with Crippen molar-refractivity contribution in [2.24, 2.45) is 0 Å². The number of carbonyl (C=O) groups is 2. The summed E-state index contributed by atoms with van der Waals surface area (Å²) in [5.41, 5.74) is 0. The van der Waals surface area contributed by atoms with Crippen LogP contribution >= 0.6 is 0 Å². The molecule has 14 heavy (non-hydrogen) atoms. The van der Waals surface area contributed by atoms with Crippen LogP contribution in [0.5, 0.6) is 0 Å². The second-order valence-corrected chi connectivity index (χ2v) is 4.31. The quantitative estimate of drug-likeness (QED) is 0.394. The first-order valence-electron chi connectivity index (χ1n) is 3.81. The molecule has 6 nitrogen and oxygen atoms in total. The van der Waals surface area contributed by atoms with Gasteiger partial charge < -0.3 is 0 Å². The van der Waals surface area contributed by atoms with Crippen molar-refractivity contribution in [1.29, 1.82) is 0 Å². The molecule has 0 radical (unpaired) electrons. The fourth-order valence-corrected chi connectivity index (χ4v) is 1.98. The number of hydrogen-bond donors (Lipinski definition) is 1. The summed E-state index contributed by atoms with van der Waals surface area (Å²) in [4.78, 5) is 22.7. The topological polar surface area (TPSA) is 91.8 Å². The minimum Gasteiger partial charge on any atom is -0.284 e. The molecule has 1 N–H and O–H groups in total. The summed E-state index contributed by atoms with van der Waals surface area (Å²) >= 11 is 0. The highest BCUT2D eigenvalue weighted by atomic mass is 32.2. The Labute approximate surface area is 80.9 Å². The lowest BCUT2D eigenvalue weighted by Crippen LogP contribution is -2.42. The van der Waals surface area contributed by atoms with E-state index in [0.717, 1.165) is 6.08 Å². The monoisotopic (exact) mass is 219 g/mol. The highest BCUT2D eigenvalue weighted by molar-refractivity contribution is 7.86. The molecular weight excluding hydrogens is 210 g/mol. The molecule has 1 fully saturated rings. The Balaban J connectivity index is 3.07. The predicted octanol–water partition coefficient (Wildman–Crippen LogP) is -0.465. The number of nitrogens with zero attached hydrogens (tertiary/aromatic N) is 1. The largest absolute Gasteiger partial charge is 0.290 e. The Morgan fingerprint density at radius 3 is 2.07 bits per heavy atom. The zero-order valence-electron chi connectivity index (χ0n) is 7.21. The normalized spacial score (nSPS) is 19.9. The Morgan fingerprint density at radius 1 is 1.36 bits per heavy atom. The lowest BCUT2D eigenvalue weighted by Gasteiger charge is -2.19. The molecule has 1 saturated heterocycles. The lowest BCUT2D eigenvalue weighted by atomic mass is 10.4. The zero-order valence-corrected chi connectivity index (χ0v) is 8.03. The molecule has 0 bridgehead atoms. The first kappa shape index (κ1) is 10.9. The molecule has 1 aliphatic rings. The minimum absolute atomic E-state index is 0.0291. The number of carbonyl (C=O) groups excluding carboxylic acids is 2. The van der Waals surface area contributed by atoms with Gasteiger partial charge in [-0.3, -0.25) is 19.0 Å². The fraction of sp³-hybridized carbons (Fsp3) is 0.429. The standard InChI is InChI=1S/C7H9NO5S/c1-2-7(14(11,12)13)8-5(9)3-4-6(8)10/h2,7H,1,3-4H2,(H,11,12,13). The van der Waals surface area contributed by atoms with Crippen molar-refractivity contribution in [3.63, 3.8) is 0 Å². The van der Waals surface area contributed by atoms with E-state index in [1.54, 1.807) is 0 Å². The molecule has 0 aromatic rings. The molecule has 1 rings (SSSR count). The Bertz CT molecular complexity index is 369. The van der Waals surface area contributed by atoms with E-state index in [0.29, 0.717) is 4.90 Å². The molecule has 1 aliphatic heterocycles. The second kappa shape index (κ2) is 3.50. The van der Waals surface area contributed by atoms with Gasteiger partial charge in [0.15, 0.2) is 5.37 Å². The molecule has 0 aromatic carbocycles. The molecule has 1 heterocycles. The Morgan fingerprint density at radius 2 is 1.79 bits per heavy atom. The highest BCUT2D eigenvalue weighted by Gasteiger charge is 2.39. The van der Waals surface area contributed by atoms with Crippen molar-refractivity contribution >= 4 is 21.9 Å². The third kappa shape index (κ3) is 1.83. The molecule has 0 saturated carbocycles. The van der Waals surface area contributed by atoms with Crippen LogP contribution in [0.2, 0.25) is 0 Å². The summed E-state index contributed by atoms with van der Waals surface area (Å²) in [7, 11) is -4.50. The van der Waals surface area contributed by atoms with Crippen molar-refractivity contribution in [1.82, 2.24) is 4.90 Å². The van der Waals surface area contributed by atoms with Gasteiger partial charge in [-0.25, -0.2) is 0 Å². The summed E-state index contributed by atoms with van der Waals surface area (Å²) in [6.07, 6.45) is 0.786. The van der Waals surface area contributed by atoms with Gasteiger partial charge in [-0.05, 0) is 0 Å². The maximum absolute atomic E-state index is 11.1. The lowest BCUT2D eigenvalue weighted by molar-refractivity contribution is -0.138. The molecule has 7 heteroatoms.